The van der Waals surface area contributed by atoms with Crippen molar-refractivity contribution in [2.75, 3.05) is 19.6 Å². The summed E-state index contributed by atoms with van der Waals surface area (Å²) in [7, 11) is 0. The molecule has 0 spiro atoms. The Kier molecular flexibility index (Phi) is 1.94. The molecule has 2 atom stereocenters. The SMILES string of the molecule is Brc1ccccc1C12CNCC1NC2. The molecule has 2 aliphatic rings. The Balaban J connectivity index is 2.06. The van der Waals surface area contributed by atoms with E-state index in [-0.39, 0.29) is 0 Å². The van der Waals surface area contributed by atoms with Crippen LogP contribution in [-0.2, 0) is 5.41 Å². The summed E-state index contributed by atoms with van der Waals surface area (Å²) in [4.78, 5) is 0. The number of hydrogen-bond acceptors (Lipinski definition) is 2. The van der Waals surface area contributed by atoms with Gasteiger partial charge in [-0.05, 0) is 11.6 Å². The summed E-state index contributed by atoms with van der Waals surface area (Å²) in [5.41, 5.74) is 1.80. The average Bonchev–Trinajstić information content (AvgIpc) is 2.45. The third-order valence-corrected chi connectivity index (χ3v) is 4.22. The van der Waals surface area contributed by atoms with E-state index in [1.807, 2.05) is 0 Å². The van der Waals surface area contributed by atoms with Crippen molar-refractivity contribution in [3.05, 3.63) is 34.3 Å². The minimum atomic E-state index is 0.347. The van der Waals surface area contributed by atoms with Crippen molar-refractivity contribution in [2.24, 2.45) is 0 Å². The van der Waals surface area contributed by atoms with Gasteiger partial charge in [0.1, 0.15) is 0 Å². The summed E-state index contributed by atoms with van der Waals surface area (Å²) in [6, 6.07) is 9.21. The van der Waals surface area contributed by atoms with E-state index in [1.165, 1.54) is 10.0 Å². The minimum Gasteiger partial charge on any atom is -0.314 e. The maximum atomic E-state index is 3.65. The molecule has 2 heterocycles. The highest BCUT2D eigenvalue weighted by Crippen LogP contribution is 2.39. The van der Waals surface area contributed by atoms with E-state index in [4.69, 9.17) is 0 Å². The lowest BCUT2D eigenvalue weighted by atomic mass is 9.71. The molecule has 0 saturated carbocycles. The summed E-state index contributed by atoms with van der Waals surface area (Å²) in [6.07, 6.45) is 0. The van der Waals surface area contributed by atoms with Crippen molar-refractivity contribution in [1.82, 2.24) is 10.6 Å². The number of hydrogen-bond donors (Lipinski definition) is 2. The smallest absolute Gasteiger partial charge is 0.0379 e. The topological polar surface area (TPSA) is 24.1 Å². The molecule has 2 unspecified atom stereocenters. The zero-order valence-electron chi connectivity index (χ0n) is 7.89. The highest BCUT2D eigenvalue weighted by molar-refractivity contribution is 9.10. The maximum Gasteiger partial charge on any atom is 0.0379 e. The molecule has 74 valence electrons. The highest BCUT2D eigenvalue weighted by atomic mass is 79.9. The van der Waals surface area contributed by atoms with Gasteiger partial charge in [0.2, 0.25) is 0 Å². The molecule has 0 bridgehead atoms. The van der Waals surface area contributed by atoms with Crippen LogP contribution >= 0.6 is 15.9 Å². The van der Waals surface area contributed by atoms with Crippen molar-refractivity contribution in [2.45, 2.75) is 11.5 Å². The van der Waals surface area contributed by atoms with E-state index in [2.05, 4.69) is 50.8 Å². The Bertz CT molecular complexity index is 366. The van der Waals surface area contributed by atoms with Crippen molar-refractivity contribution in [3.8, 4) is 0 Å². The lowest BCUT2D eigenvalue weighted by Gasteiger charge is -2.46. The van der Waals surface area contributed by atoms with Crippen LogP contribution in [0.4, 0.5) is 0 Å². The molecule has 2 fully saturated rings. The number of benzene rings is 1. The van der Waals surface area contributed by atoms with Crippen LogP contribution in [-0.4, -0.2) is 25.7 Å². The van der Waals surface area contributed by atoms with E-state index in [0.717, 1.165) is 19.6 Å². The average molecular weight is 253 g/mol. The van der Waals surface area contributed by atoms with Gasteiger partial charge in [0.15, 0.2) is 0 Å². The second-order valence-electron chi connectivity index (χ2n) is 4.20. The normalized spacial score (nSPS) is 35.1. The summed E-state index contributed by atoms with van der Waals surface area (Å²) in [5, 5.41) is 6.96. The monoisotopic (exact) mass is 252 g/mol. The van der Waals surface area contributed by atoms with Crippen LogP contribution in [0.3, 0.4) is 0 Å². The number of fused-ring (bicyclic) bond motifs is 1. The molecule has 1 aromatic rings. The zero-order valence-corrected chi connectivity index (χ0v) is 9.47. The van der Waals surface area contributed by atoms with Crippen LogP contribution < -0.4 is 10.6 Å². The minimum absolute atomic E-state index is 0.347. The van der Waals surface area contributed by atoms with Crippen LogP contribution in [0.25, 0.3) is 0 Å². The molecule has 0 radical (unpaired) electrons. The predicted molar refractivity (Wildman–Crippen MR) is 60.5 cm³/mol. The van der Waals surface area contributed by atoms with Gasteiger partial charge in [-0.25, -0.2) is 0 Å². The Morgan fingerprint density at radius 3 is 2.79 bits per heavy atom. The van der Waals surface area contributed by atoms with Crippen molar-refractivity contribution < 1.29 is 0 Å². The van der Waals surface area contributed by atoms with E-state index >= 15 is 0 Å². The first-order chi connectivity index (χ1) is 6.83. The molecule has 2 aliphatic heterocycles. The van der Waals surface area contributed by atoms with E-state index < -0.39 is 0 Å². The summed E-state index contributed by atoms with van der Waals surface area (Å²) >= 11 is 3.65. The van der Waals surface area contributed by atoms with E-state index in [0.29, 0.717) is 11.5 Å². The van der Waals surface area contributed by atoms with Gasteiger partial charge in [0.05, 0.1) is 0 Å². The van der Waals surface area contributed by atoms with Gasteiger partial charge in [0.25, 0.3) is 0 Å². The van der Waals surface area contributed by atoms with Crippen LogP contribution in [0.2, 0.25) is 0 Å². The largest absolute Gasteiger partial charge is 0.314 e. The zero-order chi connectivity index (χ0) is 9.60. The molecule has 2 saturated heterocycles. The first-order valence-electron chi connectivity index (χ1n) is 5.02. The van der Waals surface area contributed by atoms with Gasteiger partial charge in [-0.3, -0.25) is 0 Å². The van der Waals surface area contributed by atoms with Gasteiger partial charge in [-0.2, -0.15) is 0 Å². The first-order valence-corrected chi connectivity index (χ1v) is 5.81. The van der Waals surface area contributed by atoms with E-state index in [9.17, 15) is 0 Å². The second kappa shape index (κ2) is 3.05. The van der Waals surface area contributed by atoms with Crippen molar-refractivity contribution in [3.63, 3.8) is 0 Å². The summed E-state index contributed by atoms with van der Waals surface area (Å²) in [6.45, 7) is 3.31. The molecule has 3 heteroatoms. The summed E-state index contributed by atoms with van der Waals surface area (Å²) < 4.78 is 1.25. The van der Waals surface area contributed by atoms with Crippen molar-refractivity contribution >= 4 is 15.9 Å². The number of halogens is 1. The lowest BCUT2D eigenvalue weighted by molar-refractivity contribution is 0.234. The fourth-order valence-corrected chi connectivity index (χ4v) is 3.31. The molecule has 14 heavy (non-hydrogen) atoms. The number of rotatable bonds is 1. The van der Waals surface area contributed by atoms with Crippen LogP contribution in [0.1, 0.15) is 5.56 Å². The summed E-state index contributed by atoms with van der Waals surface area (Å²) in [5.74, 6) is 0. The predicted octanol–water partition coefficient (Wildman–Crippen LogP) is 1.26. The second-order valence-corrected chi connectivity index (χ2v) is 5.05. The number of nitrogens with one attached hydrogen (secondary N) is 2. The van der Waals surface area contributed by atoms with Crippen LogP contribution in [0.15, 0.2) is 28.7 Å². The molecule has 2 nitrogen and oxygen atoms in total. The van der Waals surface area contributed by atoms with Crippen LogP contribution in [0.5, 0.6) is 0 Å². The van der Waals surface area contributed by atoms with Crippen LogP contribution in [0, 0.1) is 0 Å². The standard InChI is InChI=1S/C11H13BrN2/c12-9-4-2-1-3-8(9)11-6-13-5-10(11)14-7-11/h1-4,10,13-14H,5-7H2. The maximum absolute atomic E-state index is 3.65. The van der Waals surface area contributed by atoms with Gasteiger partial charge in [0, 0.05) is 35.6 Å². The van der Waals surface area contributed by atoms with Gasteiger partial charge >= 0.3 is 0 Å². The van der Waals surface area contributed by atoms with Crippen molar-refractivity contribution in [1.29, 1.82) is 0 Å². The van der Waals surface area contributed by atoms with Gasteiger partial charge < -0.3 is 10.6 Å². The Hall–Kier alpha value is -0.380. The molecule has 0 aliphatic carbocycles. The third kappa shape index (κ3) is 1.03. The Morgan fingerprint density at radius 2 is 2.14 bits per heavy atom. The van der Waals surface area contributed by atoms with Gasteiger partial charge in [-0.15, -0.1) is 0 Å². The first kappa shape index (κ1) is 8.89. The molecular weight excluding hydrogens is 240 g/mol. The Morgan fingerprint density at radius 1 is 1.29 bits per heavy atom. The fourth-order valence-electron chi connectivity index (χ4n) is 2.63. The third-order valence-electron chi connectivity index (χ3n) is 3.53. The van der Waals surface area contributed by atoms with E-state index in [1.54, 1.807) is 0 Å². The Labute approximate surface area is 92.2 Å². The molecule has 3 rings (SSSR count). The fraction of sp³-hybridized carbons (Fsp3) is 0.455. The highest BCUT2D eigenvalue weighted by Gasteiger charge is 2.51. The molecule has 2 N–H and O–H groups in total. The molecular formula is C11H13BrN2. The molecule has 0 amide bonds. The lowest BCUT2D eigenvalue weighted by Crippen LogP contribution is -2.64. The molecule has 1 aromatic carbocycles. The quantitative estimate of drug-likeness (QED) is 0.787. The van der Waals surface area contributed by atoms with Gasteiger partial charge in [-0.1, -0.05) is 34.1 Å². The molecule has 0 aromatic heterocycles.